The number of nitrogens with two attached hydrogens (primary N) is 3. The Bertz CT molecular complexity index is 2740. The van der Waals surface area contributed by atoms with Crippen LogP contribution in [0.2, 0.25) is 0 Å². The van der Waals surface area contributed by atoms with Crippen molar-refractivity contribution in [3.8, 4) is 5.75 Å². The summed E-state index contributed by atoms with van der Waals surface area (Å²) in [6.45, 7) is 14.6. The molecule has 15 N–H and O–H groups in total. The maximum absolute atomic E-state index is 15.1. The minimum Gasteiger partial charge on any atom is -0.508 e. The Kier molecular flexibility index (Phi) is 19.7. The molecule has 1 amide bonds. The zero-order valence-electron chi connectivity index (χ0n) is 45.7. The number of aromatic hydroxyl groups is 1. The molecule has 0 saturated heterocycles. The first-order chi connectivity index (χ1) is 36.7. The zero-order valence-corrected chi connectivity index (χ0v) is 45.7. The van der Waals surface area contributed by atoms with E-state index in [-0.39, 0.29) is 68.9 Å². The predicted octanol–water partition coefficient (Wildman–Crippen LogP) is 5.80. The summed E-state index contributed by atoms with van der Waals surface area (Å²) in [5.41, 5.74) is 24.2. The van der Waals surface area contributed by atoms with Gasteiger partial charge < -0.3 is 58.5 Å². The van der Waals surface area contributed by atoms with E-state index in [4.69, 9.17) is 17.2 Å². The van der Waals surface area contributed by atoms with Gasteiger partial charge in [0.1, 0.15) is 18.0 Å². The number of ketones is 1. The number of aliphatic hydroxyl groups is 5. The first-order valence-electron chi connectivity index (χ1n) is 27.6. The van der Waals surface area contributed by atoms with Crippen molar-refractivity contribution in [2.24, 2.45) is 45.4 Å². The van der Waals surface area contributed by atoms with Crippen LogP contribution >= 0.6 is 0 Å². The number of likely N-dealkylation sites (N-methyl/N-ethyl adjacent to an activating group) is 1. The van der Waals surface area contributed by atoms with Gasteiger partial charge in [-0.3, -0.25) is 19.9 Å². The normalized spacial score (nSPS) is 29.3. The van der Waals surface area contributed by atoms with Crippen molar-refractivity contribution < 1.29 is 40.2 Å². The molecular formula is C62H85N7O8. The first-order valence-corrected chi connectivity index (χ1v) is 27.6. The summed E-state index contributed by atoms with van der Waals surface area (Å²) in [6, 6.07) is 19.1. The van der Waals surface area contributed by atoms with Crippen molar-refractivity contribution in [3.05, 3.63) is 159 Å². The number of Topliss-reactive ketones (excluding diaryl/α,β-unsaturated/α-hetero) is 1. The molecule has 0 radical (unpaired) electrons. The van der Waals surface area contributed by atoms with Crippen LogP contribution in [0.15, 0.2) is 130 Å². The molecule has 12 atom stereocenters. The van der Waals surface area contributed by atoms with E-state index < -0.39 is 71.1 Å². The number of phenolic OH excluding ortho intramolecular Hbond substituents is 1. The molecular weight excluding hydrogens is 971 g/mol. The van der Waals surface area contributed by atoms with E-state index in [9.17, 15) is 35.4 Å². The lowest BCUT2D eigenvalue weighted by atomic mass is 9.52. The van der Waals surface area contributed by atoms with Gasteiger partial charge in [0.15, 0.2) is 11.7 Å². The zero-order chi connectivity index (χ0) is 55.8. The van der Waals surface area contributed by atoms with Crippen molar-refractivity contribution in [1.29, 1.82) is 0 Å². The van der Waals surface area contributed by atoms with E-state index in [0.717, 1.165) is 40.8 Å². The van der Waals surface area contributed by atoms with Crippen molar-refractivity contribution in [2.45, 2.75) is 147 Å². The summed E-state index contributed by atoms with van der Waals surface area (Å²) >= 11 is 0. The van der Waals surface area contributed by atoms with Gasteiger partial charge in [0, 0.05) is 42.8 Å². The fraction of sp³-hybridized carbons (Fsp3) is 0.500. The van der Waals surface area contributed by atoms with Crippen LogP contribution < -0.4 is 33.2 Å². The minimum absolute atomic E-state index is 0.0267. The van der Waals surface area contributed by atoms with Gasteiger partial charge in [-0.1, -0.05) is 104 Å². The number of allylic oxidation sites excluding steroid dienone is 5. The Morgan fingerprint density at radius 1 is 0.987 bits per heavy atom. The number of hydrogen-bond acceptors (Lipinski definition) is 12. The van der Waals surface area contributed by atoms with Gasteiger partial charge >= 0.3 is 0 Å². The highest BCUT2D eigenvalue weighted by atomic mass is 16.3. The lowest BCUT2D eigenvalue weighted by molar-refractivity contribution is -0.168. The fourth-order valence-corrected chi connectivity index (χ4v) is 13.2. The third-order valence-corrected chi connectivity index (χ3v) is 17.4. The largest absolute Gasteiger partial charge is 0.508 e. The lowest BCUT2D eigenvalue weighted by Crippen LogP contribution is -2.59. The number of nitrogens with one attached hydrogen (secondary N) is 3. The number of carbonyl (C=O) groups is 2. The molecule has 3 aromatic rings. The summed E-state index contributed by atoms with van der Waals surface area (Å²) in [7, 11) is 0. The molecule has 4 aliphatic rings. The third kappa shape index (κ3) is 13.4. The molecule has 2 aliphatic heterocycles. The van der Waals surface area contributed by atoms with E-state index in [0.29, 0.717) is 59.9 Å². The van der Waals surface area contributed by atoms with E-state index >= 15 is 4.79 Å². The van der Waals surface area contributed by atoms with Crippen LogP contribution in [0.3, 0.4) is 0 Å². The molecule has 1 spiro atoms. The molecule has 2 heterocycles. The molecule has 416 valence electrons. The Morgan fingerprint density at radius 2 is 1.70 bits per heavy atom. The van der Waals surface area contributed by atoms with Crippen LogP contribution in [0.1, 0.15) is 131 Å². The molecule has 12 unspecified atom stereocenters. The van der Waals surface area contributed by atoms with Crippen molar-refractivity contribution in [3.63, 3.8) is 0 Å². The standard InChI is InChI=1S/C62H85N7O8/c1-7-66-52(24-17-36(2)3)37(4)11-8-15-43(35-70)47-26-28-62(57(47)75)51-23-22-45(72)30-39-12-9-13-40(29-39)31-49(50(33-68-60(64)65)41-18-20-44(71)21-19-41)54(74)34-67-56-55-42(14-10-16-48(55)58(63)69-59(56)76)32-53(73)38(5)46(51)25-27-61(62,6)77/h8-21,29,45,47,49-52,54,56-58,66-67,70-72,74-75,77H,4,7,22-28,30-35,63H2,1-3,5-6H3,(H,69,76)(H4,64,65,68). The summed E-state index contributed by atoms with van der Waals surface area (Å²) in [5, 5.41) is 81.1. The molecule has 7 rings (SSSR count). The summed E-state index contributed by atoms with van der Waals surface area (Å²) in [5.74, 6) is -2.72. The number of hydrogen-bond donors (Lipinski definition) is 12. The average molecular weight is 1060 g/mol. The topological polar surface area (TPSA) is 282 Å². The number of β-amino-alcohol motifs (C(OH)–C–C–N with tert-alkyl or cyclic N) is 1. The second-order valence-corrected chi connectivity index (χ2v) is 22.6. The second kappa shape index (κ2) is 25.8. The predicted molar refractivity (Wildman–Crippen MR) is 303 cm³/mol. The number of fused-ring (bicyclic) bond motifs is 4. The average Bonchev–Trinajstić information content (AvgIpc) is 3.87. The molecule has 2 aliphatic carbocycles. The van der Waals surface area contributed by atoms with Crippen LogP contribution in [0.25, 0.3) is 0 Å². The molecule has 2 saturated carbocycles. The maximum atomic E-state index is 15.1. The minimum atomic E-state index is -1.39. The Labute approximate surface area is 455 Å². The fourth-order valence-electron chi connectivity index (χ4n) is 13.2. The number of guanidine groups is 1. The van der Waals surface area contributed by atoms with Gasteiger partial charge in [-0.2, -0.15) is 0 Å². The van der Waals surface area contributed by atoms with Gasteiger partial charge in [-0.15, -0.1) is 0 Å². The number of aliphatic imine (C=N–C) groups is 1. The van der Waals surface area contributed by atoms with Crippen LogP contribution in [0, 0.1) is 23.2 Å². The van der Waals surface area contributed by atoms with Gasteiger partial charge in [-0.05, 0) is 166 Å². The number of phenols is 1. The first kappa shape index (κ1) is 58.9. The van der Waals surface area contributed by atoms with Crippen LogP contribution in [0.4, 0.5) is 0 Å². The maximum Gasteiger partial charge on any atom is 0.243 e. The highest BCUT2D eigenvalue weighted by Gasteiger charge is 2.64. The van der Waals surface area contributed by atoms with Gasteiger partial charge in [0.25, 0.3) is 0 Å². The molecule has 15 heteroatoms. The molecule has 2 bridgehead atoms. The monoisotopic (exact) mass is 1060 g/mol. The second-order valence-electron chi connectivity index (χ2n) is 22.6. The SMILES string of the molecule is C=C(C=CC=C(CO)C1CCC2(C3CCC(O)Cc4cccc(c4)CC(C(CN=C(N)N)c4ccc(O)cc4)C(O)CNC4C(=O)NC(N)c5cccc(c54)CC(=O)C(C)=C3CCC2(C)O)C1O)C(CC=C(C)C)NCC. The number of benzene rings is 3. The van der Waals surface area contributed by atoms with Gasteiger partial charge in [0.2, 0.25) is 5.91 Å². The van der Waals surface area contributed by atoms with Crippen molar-refractivity contribution >= 4 is 17.6 Å². The molecule has 77 heavy (non-hydrogen) atoms. The number of amides is 1. The van der Waals surface area contributed by atoms with E-state index in [1.54, 1.807) is 31.2 Å². The van der Waals surface area contributed by atoms with Crippen molar-refractivity contribution in [2.75, 3.05) is 26.2 Å². The molecule has 3 aromatic carbocycles. The Hall–Kier alpha value is -5.75. The highest BCUT2D eigenvalue weighted by molar-refractivity contribution is 5.98. The highest BCUT2D eigenvalue weighted by Crippen LogP contribution is 2.63. The Morgan fingerprint density at radius 3 is 2.39 bits per heavy atom. The quantitative estimate of drug-likeness (QED) is 0.0418. The summed E-state index contributed by atoms with van der Waals surface area (Å²) < 4.78 is 0. The van der Waals surface area contributed by atoms with E-state index in [1.807, 2.05) is 67.6 Å². The van der Waals surface area contributed by atoms with E-state index in [2.05, 4.69) is 54.4 Å². The smallest absolute Gasteiger partial charge is 0.243 e. The number of nitrogens with zero attached hydrogens (tertiary/aromatic N) is 1. The number of rotatable bonds is 13. The molecule has 15 nitrogen and oxygen atoms in total. The van der Waals surface area contributed by atoms with Crippen molar-refractivity contribution in [1.82, 2.24) is 16.0 Å². The van der Waals surface area contributed by atoms with Gasteiger partial charge in [0.05, 0.1) is 30.5 Å². The molecule has 2 fully saturated rings. The summed E-state index contributed by atoms with van der Waals surface area (Å²) in [6.07, 6.45) is 7.44. The number of carbonyl (C=O) groups excluding carboxylic acids is 2. The molecule has 0 aromatic heterocycles. The van der Waals surface area contributed by atoms with Crippen LogP contribution in [-0.2, 0) is 28.9 Å². The van der Waals surface area contributed by atoms with Crippen LogP contribution in [0.5, 0.6) is 5.75 Å². The lowest BCUT2D eigenvalue weighted by Gasteiger charge is -2.56. The van der Waals surface area contributed by atoms with E-state index in [1.165, 1.54) is 5.57 Å². The summed E-state index contributed by atoms with van der Waals surface area (Å²) in [4.78, 5) is 33.6. The van der Waals surface area contributed by atoms with Gasteiger partial charge in [-0.25, -0.2) is 0 Å². The number of aliphatic hydroxyl groups excluding tert-OH is 4. The van der Waals surface area contributed by atoms with Crippen LogP contribution in [-0.4, -0.2) is 104 Å². The third-order valence-electron chi connectivity index (χ3n) is 17.4. The Balaban J connectivity index is 1.30.